The fourth-order valence-corrected chi connectivity index (χ4v) is 1.30. The standard InChI is InChI=1S/C12H12N2O4/c1-8-6-9(4-3-5-12(15)18-2)10(13)7-11(8)14(16)17/h6-7H,5,13H2,1-2H3. The van der Waals surface area contributed by atoms with Gasteiger partial charge in [-0.1, -0.05) is 11.8 Å². The van der Waals surface area contributed by atoms with Gasteiger partial charge in [0.05, 0.1) is 17.7 Å². The zero-order valence-corrected chi connectivity index (χ0v) is 10.0. The molecule has 0 aliphatic heterocycles. The first-order valence-electron chi connectivity index (χ1n) is 5.06. The van der Waals surface area contributed by atoms with Crippen LogP contribution in [-0.4, -0.2) is 18.0 Å². The molecule has 0 fully saturated rings. The highest BCUT2D eigenvalue weighted by Crippen LogP contribution is 2.24. The van der Waals surface area contributed by atoms with E-state index < -0.39 is 10.9 Å². The van der Waals surface area contributed by atoms with Crippen molar-refractivity contribution in [1.82, 2.24) is 0 Å². The Kier molecular flexibility index (Phi) is 4.27. The number of benzene rings is 1. The summed E-state index contributed by atoms with van der Waals surface area (Å²) in [7, 11) is 1.27. The Morgan fingerprint density at radius 2 is 2.22 bits per heavy atom. The molecule has 0 saturated carbocycles. The Balaban J connectivity index is 3.02. The number of aryl methyl sites for hydroxylation is 1. The molecule has 0 amide bonds. The average molecular weight is 248 g/mol. The molecule has 2 N–H and O–H groups in total. The number of esters is 1. The minimum atomic E-state index is -0.503. The quantitative estimate of drug-likeness (QED) is 0.280. The molecule has 6 heteroatoms. The lowest BCUT2D eigenvalue weighted by Gasteiger charge is -2.01. The van der Waals surface area contributed by atoms with Crippen molar-refractivity contribution < 1.29 is 14.5 Å². The Hall–Kier alpha value is -2.55. The van der Waals surface area contributed by atoms with Gasteiger partial charge in [0.25, 0.3) is 5.69 Å². The number of carbonyl (C=O) groups is 1. The molecule has 1 rings (SSSR count). The molecular formula is C12H12N2O4. The highest BCUT2D eigenvalue weighted by atomic mass is 16.6. The first-order chi connectivity index (χ1) is 8.45. The lowest BCUT2D eigenvalue weighted by molar-refractivity contribution is -0.385. The van der Waals surface area contributed by atoms with Crippen molar-refractivity contribution >= 4 is 17.3 Å². The number of rotatable bonds is 2. The van der Waals surface area contributed by atoms with Gasteiger partial charge >= 0.3 is 5.97 Å². The van der Waals surface area contributed by atoms with Gasteiger partial charge in [0.15, 0.2) is 0 Å². The summed E-state index contributed by atoms with van der Waals surface area (Å²) in [6.07, 6.45) is -0.0496. The molecule has 0 radical (unpaired) electrons. The van der Waals surface area contributed by atoms with Crippen LogP contribution in [0.3, 0.4) is 0 Å². The van der Waals surface area contributed by atoms with Crippen LogP contribution in [0, 0.1) is 28.9 Å². The third-order valence-corrected chi connectivity index (χ3v) is 2.25. The smallest absolute Gasteiger partial charge is 0.317 e. The van der Waals surface area contributed by atoms with E-state index in [-0.39, 0.29) is 17.8 Å². The number of methoxy groups -OCH3 is 1. The summed E-state index contributed by atoms with van der Waals surface area (Å²) >= 11 is 0. The van der Waals surface area contributed by atoms with E-state index in [1.165, 1.54) is 19.2 Å². The van der Waals surface area contributed by atoms with Gasteiger partial charge in [0.1, 0.15) is 6.42 Å². The second-order valence-electron chi connectivity index (χ2n) is 3.54. The number of hydrogen-bond donors (Lipinski definition) is 1. The second kappa shape index (κ2) is 5.68. The Bertz CT molecular complexity index is 555. The number of nitro benzene ring substituents is 1. The van der Waals surface area contributed by atoms with E-state index in [2.05, 4.69) is 16.6 Å². The topological polar surface area (TPSA) is 95.5 Å². The maximum absolute atomic E-state index is 10.9. The molecule has 94 valence electrons. The van der Waals surface area contributed by atoms with Gasteiger partial charge in [0, 0.05) is 17.2 Å². The number of anilines is 1. The zero-order valence-electron chi connectivity index (χ0n) is 10.0. The van der Waals surface area contributed by atoms with Crippen molar-refractivity contribution in [3.05, 3.63) is 33.4 Å². The van der Waals surface area contributed by atoms with Crippen molar-refractivity contribution in [2.45, 2.75) is 13.3 Å². The Labute approximate surface area is 104 Å². The number of nitrogens with zero attached hydrogens (tertiary/aromatic N) is 1. The van der Waals surface area contributed by atoms with E-state index in [1.807, 2.05) is 0 Å². The lowest BCUT2D eigenvalue weighted by Crippen LogP contribution is -1.98. The highest BCUT2D eigenvalue weighted by Gasteiger charge is 2.12. The molecule has 6 nitrogen and oxygen atoms in total. The van der Waals surface area contributed by atoms with Gasteiger partial charge < -0.3 is 10.5 Å². The van der Waals surface area contributed by atoms with Gasteiger partial charge in [-0.15, -0.1) is 0 Å². The van der Waals surface area contributed by atoms with E-state index in [4.69, 9.17) is 5.73 Å². The van der Waals surface area contributed by atoms with Crippen molar-refractivity contribution in [2.75, 3.05) is 12.8 Å². The summed E-state index contributed by atoms with van der Waals surface area (Å²) in [5, 5.41) is 10.7. The molecule has 0 aliphatic rings. The molecule has 0 aliphatic carbocycles. The third kappa shape index (κ3) is 3.22. The highest BCUT2D eigenvalue weighted by molar-refractivity contribution is 5.73. The summed E-state index contributed by atoms with van der Waals surface area (Å²) in [5.41, 5.74) is 6.75. The van der Waals surface area contributed by atoms with Crippen LogP contribution in [-0.2, 0) is 9.53 Å². The summed E-state index contributed by atoms with van der Waals surface area (Å²) in [6, 6.07) is 2.79. The fraction of sp³-hybridized carbons (Fsp3) is 0.250. The number of ether oxygens (including phenoxy) is 1. The van der Waals surface area contributed by atoms with Gasteiger partial charge in [-0.25, -0.2) is 0 Å². The van der Waals surface area contributed by atoms with Crippen LogP contribution < -0.4 is 5.73 Å². The molecule has 0 atom stereocenters. The molecule has 0 unspecified atom stereocenters. The maximum atomic E-state index is 10.9. The number of nitrogen functional groups attached to an aromatic ring is 1. The molecular weight excluding hydrogens is 236 g/mol. The van der Waals surface area contributed by atoms with Gasteiger partial charge in [-0.3, -0.25) is 14.9 Å². The van der Waals surface area contributed by atoms with Crippen molar-refractivity contribution in [1.29, 1.82) is 0 Å². The molecule has 18 heavy (non-hydrogen) atoms. The normalized spacial score (nSPS) is 9.22. The third-order valence-electron chi connectivity index (χ3n) is 2.25. The van der Waals surface area contributed by atoms with Crippen molar-refractivity contribution in [3.63, 3.8) is 0 Å². The predicted molar refractivity (Wildman–Crippen MR) is 65.8 cm³/mol. The van der Waals surface area contributed by atoms with Crippen LogP contribution in [0.2, 0.25) is 0 Å². The van der Waals surface area contributed by atoms with Gasteiger partial charge in [0.2, 0.25) is 0 Å². The van der Waals surface area contributed by atoms with Gasteiger partial charge in [-0.05, 0) is 13.0 Å². The molecule has 0 bridgehead atoms. The molecule has 0 aromatic heterocycles. The van der Waals surface area contributed by atoms with Gasteiger partial charge in [-0.2, -0.15) is 0 Å². The van der Waals surface area contributed by atoms with Crippen molar-refractivity contribution in [2.24, 2.45) is 0 Å². The van der Waals surface area contributed by atoms with E-state index in [9.17, 15) is 14.9 Å². The molecule has 0 heterocycles. The SMILES string of the molecule is COC(=O)CC#Cc1cc(C)c([N+](=O)[O-])cc1N. The van der Waals surface area contributed by atoms with Crippen LogP contribution in [0.4, 0.5) is 11.4 Å². The fourth-order valence-electron chi connectivity index (χ4n) is 1.30. The van der Waals surface area contributed by atoms with Crippen LogP contribution in [0.1, 0.15) is 17.5 Å². The Morgan fingerprint density at radius 3 is 2.78 bits per heavy atom. The number of nitro groups is 1. The summed E-state index contributed by atoms with van der Waals surface area (Å²) in [6.45, 7) is 1.60. The van der Waals surface area contributed by atoms with Crippen molar-refractivity contribution in [3.8, 4) is 11.8 Å². The molecule has 1 aromatic carbocycles. The maximum Gasteiger partial charge on any atom is 0.317 e. The monoisotopic (exact) mass is 248 g/mol. The molecule has 0 spiro atoms. The van der Waals surface area contributed by atoms with E-state index in [1.54, 1.807) is 6.92 Å². The minimum absolute atomic E-state index is 0.0496. The second-order valence-corrected chi connectivity index (χ2v) is 3.54. The number of nitrogens with two attached hydrogens (primary N) is 1. The van der Waals surface area contributed by atoms with Crippen LogP contribution >= 0.6 is 0 Å². The van der Waals surface area contributed by atoms with E-state index >= 15 is 0 Å². The summed E-state index contributed by atoms with van der Waals surface area (Å²) in [4.78, 5) is 21.0. The minimum Gasteiger partial charge on any atom is -0.468 e. The average Bonchev–Trinajstić information content (AvgIpc) is 2.32. The summed E-state index contributed by atoms with van der Waals surface area (Å²) < 4.78 is 4.43. The van der Waals surface area contributed by atoms with E-state index in [0.29, 0.717) is 11.1 Å². The van der Waals surface area contributed by atoms with Crippen LogP contribution in [0.25, 0.3) is 0 Å². The first-order valence-corrected chi connectivity index (χ1v) is 5.06. The number of carbonyl (C=O) groups excluding carboxylic acids is 1. The largest absolute Gasteiger partial charge is 0.468 e. The molecule has 1 aromatic rings. The first kappa shape index (κ1) is 13.5. The molecule has 0 saturated heterocycles. The predicted octanol–water partition coefficient (Wildman–Crippen LogP) is 1.40. The lowest BCUT2D eigenvalue weighted by atomic mass is 10.1. The zero-order chi connectivity index (χ0) is 13.7. The van der Waals surface area contributed by atoms with Crippen LogP contribution in [0.5, 0.6) is 0 Å². The van der Waals surface area contributed by atoms with Crippen LogP contribution in [0.15, 0.2) is 12.1 Å². The van der Waals surface area contributed by atoms with E-state index in [0.717, 1.165) is 0 Å². The Morgan fingerprint density at radius 1 is 1.56 bits per heavy atom. The summed E-state index contributed by atoms with van der Waals surface area (Å²) in [5.74, 6) is 4.84. The number of hydrogen-bond acceptors (Lipinski definition) is 5.